The molecule has 0 saturated heterocycles. The first kappa shape index (κ1) is 14.6. The van der Waals surface area contributed by atoms with E-state index in [4.69, 9.17) is 0 Å². The van der Waals surface area contributed by atoms with Crippen LogP contribution in [0.5, 0.6) is 0 Å². The summed E-state index contributed by atoms with van der Waals surface area (Å²) in [6.45, 7) is 0. The lowest BCUT2D eigenvalue weighted by Crippen LogP contribution is -2.22. The van der Waals surface area contributed by atoms with Crippen LogP contribution in [0.2, 0.25) is 0 Å². The van der Waals surface area contributed by atoms with Crippen LogP contribution in [0.25, 0.3) is 0 Å². The second-order valence-electron chi connectivity index (χ2n) is 5.03. The predicted molar refractivity (Wildman–Crippen MR) is 67.3 cm³/mol. The van der Waals surface area contributed by atoms with Gasteiger partial charge in [-0.3, -0.25) is 9.59 Å². The molecule has 0 bridgehead atoms. The highest BCUT2D eigenvalue weighted by Crippen LogP contribution is 2.30. The van der Waals surface area contributed by atoms with E-state index in [1.54, 1.807) is 0 Å². The molecule has 0 radical (unpaired) electrons. The number of anilines is 1. The topological polar surface area (TPSA) is 62.0 Å². The van der Waals surface area contributed by atoms with E-state index in [-0.39, 0.29) is 18.0 Å². The summed E-state index contributed by atoms with van der Waals surface area (Å²) < 4.78 is 37.6. The number of hydrogen-bond donors (Lipinski definition) is 2. The maximum atomic E-state index is 12.5. The van der Waals surface area contributed by atoms with E-state index < -0.39 is 23.2 Å². The first-order valence-electron chi connectivity index (χ1n) is 6.46. The first-order chi connectivity index (χ1) is 9.36. The lowest BCUT2D eigenvalue weighted by molar-refractivity contribution is -0.137. The highest BCUT2D eigenvalue weighted by molar-refractivity contribution is 5.90. The van der Waals surface area contributed by atoms with Gasteiger partial charge in [0.25, 0.3) is 5.56 Å². The molecule has 1 aliphatic carbocycles. The smallest absolute Gasteiger partial charge is 0.327 e. The van der Waals surface area contributed by atoms with Gasteiger partial charge >= 0.3 is 6.18 Å². The van der Waals surface area contributed by atoms with Crippen LogP contribution in [0.15, 0.2) is 17.1 Å². The van der Waals surface area contributed by atoms with Gasteiger partial charge in [0.15, 0.2) is 0 Å². The molecule has 20 heavy (non-hydrogen) atoms. The molecule has 0 spiro atoms. The molecule has 1 aromatic heterocycles. The fraction of sp³-hybridized carbons (Fsp3) is 0.538. The van der Waals surface area contributed by atoms with Crippen molar-refractivity contribution in [2.75, 3.05) is 5.32 Å². The van der Waals surface area contributed by atoms with Gasteiger partial charge in [-0.2, -0.15) is 13.2 Å². The molecule has 4 nitrogen and oxygen atoms in total. The molecule has 1 heterocycles. The third-order valence-electron chi connectivity index (χ3n) is 3.45. The SMILES string of the molecule is O=C(CC1CCCC1)Nc1cc(C(F)(F)F)c[nH]c1=O. The summed E-state index contributed by atoms with van der Waals surface area (Å²) in [6, 6.07) is 0.658. The van der Waals surface area contributed by atoms with Gasteiger partial charge in [-0.25, -0.2) is 0 Å². The minimum atomic E-state index is -4.56. The summed E-state index contributed by atoms with van der Waals surface area (Å²) in [7, 11) is 0. The molecule has 1 amide bonds. The number of rotatable bonds is 3. The Bertz CT molecular complexity index is 545. The zero-order valence-corrected chi connectivity index (χ0v) is 10.7. The molecule has 2 rings (SSSR count). The number of carbonyl (C=O) groups excluding carboxylic acids is 1. The molecule has 0 aliphatic heterocycles. The highest BCUT2D eigenvalue weighted by atomic mass is 19.4. The summed E-state index contributed by atoms with van der Waals surface area (Å²) in [5.74, 6) is -0.151. The van der Waals surface area contributed by atoms with Gasteiger partial charge in [0, 0.05) is 12.6 Å². The number of aromatic nitrogens is 1. The molecular formula is C13H15F3N2O2. The van der Waals surface area contributed by atoms with E-state index in [1.165, 1.54) is 0 Å². The molecule has 1 aromatic rings. The number of aromatic amines is 1. The summed E-state index contributed by atoms with van der Waals surface area (Å²) in [4.78, 5) is 25.2. The van der Waals surface area contributed by atoms with Crippen LogP contribution < -0.4 is 10.9 Å². The van der Waals surface area contributed by atoms with Crippen molar-refractivity contribution in [1.29, 1.82) is 0 Å². The van der Waals surface area contributed by atoms with Crippen LogP contribution in [0.1, 0.15) is 37.7 Å². The molecular weight excluding hydrogens is 273 g/mol. The van der Waals surface area contributed by atoms with Gasteiger partial charge in [-0.1, -0.05) is 12.8 Å². The Hall–Kier alpha value is -1.79. The van der Waals surface area contributed by atoms with Crippen LogP contribution in [-0.4, -0.2) is 10.9 Å². The Labute approximate surface area is 113 Å². The highest BCUT2D eigenvalue weighted by Gasteiger charge is 2.31. The Morgan fingerprint density at radius 3 is 2.60 bits per heavy atom. The van der Waals surface area contributed by atoms with Crippen molar-refractivity contribution in [3.8, 4) is 0 Å². The van der Waals surface area contributed by atoms with E-state index in [1.807, 2.05) is 4.98 Å². The average Bonchev–Trinajstić information content (AvgIpc) is 2.83. The van der Waals surface area contributed by atoms with E-state index in [0.717, 1.165) is 25.7 Å². The molecule has 7 heteroatoms. The number of hydrogen-bond acceptors (Lipinski definition) is 2. The summed E-state index contributed by atoms with van der Waals surface area (Å²) in [5, 5.41) is 2.27. The molecule has 0 aromatic carbocycles. The van der Waals surface area contributed by atoms with Crippen molar-refractivity contribution in [3.05, 3.63) is 28.2 Å². The molecule has 0 atom stereocenters. The third-order valence-corrected chi connectivity index (χ3v) is 3.45. The van der Waals surface area contributed by atoms with Crippen molar-refractivity contribution in [3.63, 3.8) is 0 Å². The molecule has 0 unspecified atom stereocenters. The Balaban J connectivity index is 2.08. The number of carbonyl (C=O) groups is 1. The normalized spacial score (nSPS) is 16.4. The number of pyridine rings is 1. The van der Waals surface area contributed by atoms with E-state index in [0.29, 0.717) is 12.3 Å². The van der Waals surface area contributed by atoms with E-state index in [9.17, 15) is 22.8 Å². The number of nitrogens with one attached hydrogen (secondary N) is 2. The van der Waals surface area contributed by atoms with Gasteiger partial charge < -0.3 is 10.3 Å². The number of halogens is 3. The van der Waals surface area contributed by atoms with Crippen LogP contribution in [0.4, 0.5) is 18.9 Å². The van der Waals surface area contributed by atoms with Crippen molar-refractivity contribution in [1.82, 2.24) is 4.98 Å². The van der Waals surface area contributed by atoms with Gasteiger partial charge in [-0.15, -0.1) is 0 Å². The fourth-order valence-electron chi connectivity index (χ4n) is 2.42. The summed E-state index contributed by atoms with van der Waals surface area (Å²) in [5.41, 5.74) is -2.09. The minimum absolute atomic E-state index is 0.246. The molecule has 2 N–H and O–H groups in total. The van der Waals surface area contributed by atoms with Gasteiger partial charge in [-0.05, 0) is 24.8 Å². The number of amides is 1. The van der Waals surface area contributed by atoms with E-state index >= 15 is 0 Å². The summed E-state index contributed by atoms with van der Waals surface area (Å²) >= 11 is 0. The first-order valence-corrected chi connectivity index (χ1v) is 6.46. The second-order valence-corrected chi connectivity index (χ2v) is 5.03. The molecule has 1 saturated carbocycles. The predicted octanol–water partition coefficient (Wildman–Crippen LogP) is 2.91. The number of H-pyrrole nitrogens is 1. The fourth-order valence-corrected chi connectivity index (χ4v) is 2.42. The quantitative estimate of drug-likeness (QED) is 0.898. The van der Waals surface area contributed by atoms with Gasteiger partial charge in [0.05, 0.1) is 5.56 Å². The standard InChI is InChI=1S/C13H15F3N2O2/c14-13(15,16)9-6-10(12(20)17-7-9)18-11(19)5-8-3-1-2-4-8/h6-8H,1-5H2,(H,17,20)(H,18,19). The summed E-state index contributed by atoms with van der Waals surface area (Å²) in [6.07, 6.45) is 0.322. The van der Waals surface area contributed by atoms with E-state index in [2.05, 4.69) is 5.32 Å². The monoisotopic (exact) mass is 288 g/mol. The average molecular weight is 288 g/mol. The van der Waals surface area contributed by atoms with Crippen molar-refractivity contribution in [2.24, 2.45) is 5.92 Å². The number of alkyl halides is 3. The van der Waals surface area contributed by atoms with Crippen LogP contribution in [0, 0.1) is 5.92 Å². The van der Waals surface area contributed by atoms with Crippen LogP contribution >= 0.6 is 0 Å². The maximum Gasteiger partial charge on any atom is 0.417 e. The maximum absolute atomic E-state index is 12.5. The second kappa shape index (κ2) is 5.68. The van der Waals surface area contributed by atoms with Crippen LogP contribution in [-0.2, 0) is 11.0 Å². The lowest BCUT2D eigenvalue weighted by Gasteiger charge is -2.11. The van der Waals surface area contributed by atoms with Gasteiger partial charge in [0.1, 0.15) is 5.69 Å². The largest absolute Gasteiger partial charge is 0.417 e. The van der Waals surface area contributed by atoms with Crippen molar-refractivity contribution < 1.29 is 18.0 Å². The Kier molecular flexibility index (Phi) is 4.15. The molecule has 1 aliphatic rings. The lowest BCUT2D eigenvalue weighted by atomic mass is 10.0. The minimum Gasteiger partial charge on any atom is -0.327 e. The Morgan fingerprint density at radius 1 is 1.35 bits per heavy atom. The van der Waals surface area contributed by atoms with Gasteiger partial charge in [0.2, 0.25) is 5.91 Å². The zero-order chi connectivity index (χ0) is 14.8. The molecule has 110 valence electrons. The molecule has 1 fully saturated rings. The van der Waals surface area contributed by atoms with Crippen molar-refractivity contribution in [2.45, 2.75) is 38.3 Å². The third kappa shape index (κ3) is 3.61. The Morgan fingerprint density at radius 2 is 2.00 bits per heavy atom. The van der Waals surface area contributed by atoms with Crippen molar-refractivity contribution >= 4 is 11.6 Å². The zero-order valence-electron chi connectivity index (χ0n) is 10.7. The van der Waals surface area contributed by atoms with Crippen LogP contribution in [0.3, 0.4) is 0 Å².